The number of aromatic nitrogens is 4. The van der Waals surface area contributed by atoms with E-state index in [9.17, 15) is 4.79 Å². The number of rotatable bonds is 9. The van der Waals surface area contributed by atoms with Crippen molar-refractivity contribution in [2.75, 3.05) is 12.4 Å². The summed E-state index contributed by atoms with van der Waals surface area (Å²) >= 11 is 7.14. The zero-order chi connectivity index (χ0) is 23.8. The standard InChI is InChI=1S/C24H21ClN6O2S/c1-2-33-21-11-9-20(10-12-21)31-23(18-4-3-13-26-15-18)29-30-24(31)34-16-22(32)28-27-14-17-5-7-19(25)8-6-17/h3-15H,2,16H2,1H3,(H,28,32)/b27-14+. The van der Waals surface area contributed by atoms with Crippen LogP contribution in [0.2, 0.25) is 5.02 Å². The van der Waals surface area contributed by atoms with Crippen molar-refractivity contribution >= 4 is 35.5 Å². The lowest BCUT2D eigenvalue weighted by Crippen LogP contribution is -2.20. The highest BCUT2D eigenvalue weighted by Gasteiger charge is 2.17. The van der Waals surface area contributed by atoms with Crippen molar-refractivity contribution in [3.05, 3.63) is 83.6 Å². The van der Waals surface area contributed by atoms with E-state index in [0.29, 0.717) is 22.6 Å². The van der Waals surface area contributed by atoms with E-state index in [1.54, 1.807) is 30.7 Å². The van der Waals surface area contributed by atoms with Crippen LogP contribution >= 0.6 is 23.4 Å². The predicted octanol–water partition coefficient (Wildman–Crippen LogP) is 4.62. The summed E-state index contributed by atoms with van der Waals surface area (Å²) in [5.41, 5.74) is 5.01. The number of ether oxygens (including phenoxy) is 1. The van der Waals surface area contributed by atoms with Crippen molar-refractivity contribution < 1.29 is 9.53 Å². The van der Waals surface area contributed by atoms with Gasteiger partial charge in [0, 0.05) is 28.7 Å². The maximum absolute atomic E-state index is 12.4. The van der Waals surface area contributed by atoms with Crippen molar-refractivity contribution in [1.82, 2.24) is 25.2 Å². The number of halogens is 1. The Morgan fingerprint density at radius 2 is 1.94 bits per heavy atom. The number of hydrogen-bond acceptors (Lipinski definition) is 7. The minimum atomic E-state index is -0.264. The summed E-state index contributed by atoms with van der Waals surface area (Å²) in [7, 11) is 0. The second-order valence-electron chi connectivity index (χ2n) is 6.94. The predicted molar refractivity (Wildman–Crippen MR) is 134 cm³/mol. The van der Waals surface area contributed by atoms with E-state index in [-0.39, 0.29) is 11.7 Å². The fraction of sp³-hybridized carbons (Fsp3) is 0.125. The molecule has 0 radical (unpaired) electrons. The second-order valence-corrected chi connectivity index (χ2v) is 8.32. The molecule has 0 aliphatic rings. The topological polar surface area (TPSA) is 94.3 Å². The van der Waals surface area contributed by atoms with Gasteiger partial charge in [0.1, 0.15) is 5.75 Å². The molecule has 1 amide bonds. The molecule has 0 saturated carbocycles. The van der Waals surface area contributed by atoms with Crippen LogP contribution in [0.25, 0.3) is 17.1 Å². The number of pyridine rings is 1. The first-order chi connectivity index (χ1) is 16.6. The average Bonchev–Trinajstić information content (AvgIpc) is 3.29. The Bertz CT molecular complexity index is 1260. The molecule has 2 aromatic heterocycles. The van der Waals surface area contributed by atoms with E-state index < -0.39 is 0 Å². The zero-order valence-electron chi connectivity index (χ0n) is 18.3. The molecule has 4 rings (SSSR count). The lowest BCUT2D eigenvalue weighted by atomic mass is 10.2. The molecule has 2 heterocycles. The number of thioether (sulfide) groups is 1. The fourth-order valence-electron chi connectivity index (χ4n) is 3.03. The maximum atomic E-state index is 12.4. The van der Waals surface area contributed by atoms with E-state index in [2.05, 4.69) is 25.7 Å². The summed E-state index contributed by atoms with van der Waals surface area (Å²) in [6.07, 6.45) is 4.98. The van der Waals surface area contributed by atoms with Gasteiger partial charge in [0.05, 0.1) is 18.6 Å². The highest BCUT2D eigenvalue weighted by Crippen LogP contribution is 2.28. The van der Waals surface area contributed by atoms with E-state index in [1.807, 2.05) is 60.0 Å². The van der Waals surface area contributed by atoms with Crippen LogP contribution in [0.15, 0.2) is 83.3 Å². The van der Waals surface area contributed by atoms with E-state index in [4.69, 9.17) is 16.3 Å². The van der Waals surface area contributed by atoms with Crippen LogP contribution in [0.3, 0.4) is 0 Å². The highest BCUT2D eigenvalue weighted by molar-refractivity contribution is 7.99. The first-order valence-corrected chi connectivity index (χ1v) is 11.8. The lowest BCUT2D eigenvalue weighted by Gasteiger charge is -2.11. The molecule has 8 nitrogen and oxygen atoms in total. The van der Waals surface area contributed by atoms with Gasteiger partial charge in [-0.05, 0) is 61.0 Å². The normalized spacial score (nSPS) is 11.0. The Hall–Kier alpha value is -3.69. The summed E-state index contributed by atoms with van der Waals surface area (Å²) in [4.78, 5) is 16.5. The third kappa shape index (κ3) is 6.00. The summed E-state index contributed by atoms with van der Waals surface area (Å²) in [5, 5.41) is 13.9. The Balaban J connectivity index is 1.50. The molecule has 0 unspecified atom stereocenters. The van der Waals surface area contributed by atoms with Gasteiger partial charge in [0.2, 0.25) is 0 Å². The molecule has 0 spiro atoms. The Morgan fingerprint density at radius 1 is 1.15 bits per heavy atom. The molecular formula is C24H21ClN6O2S. The van der Waals surface area contributed by atoms with Gasteiger partial charge in [-0.3, -0.25) is 14.3 Å². The molecule has 0 saturated heterocycles. The monoisotopic (exact) mass is 492 g/mol. The van der Waals surface area contributed by atoms with Gasteiger partial charge in [-0.25, -0.2) is 5.43 Å². The molecule has 0 aliphatic heterocycles. The van der Waals surface area contributed by atoms with Gasteiger partial charge in [0.15, 0.2) is 11.0 Å². The van der Waals surface area contributed by atoms with Gasteiger partial charge in [0.25, 0.3) is 5.91 Å². The Morgan fingerprint density at radius 3 is 2.65 bits per heavy atom. The number of hydrogen-bond donors (Lipinski definition) is 1. The maximum Gasteiger partial charge on any atom is 0.250 e. The van der Waals surface area contributed by atoms with Gasteiger partial charge < -0.3 is 4.74 Å². The van der Waals surface area contributed by atoms with Gasteiger partial charge in [-0.2, -0.15) is 5.10 Å². The van der Waals surface area contributed by atoms with Gasteiger partial charge >= 0.3 is 0 Å². The first kappa shape index (κ1) is 23.5. The minimum Gasteiger partial charge on any atom is -0.494 e. The van der Waals surface area contributed by atoms with Crippen molar-refractivity contribution in [1.29, 1.82) is 0 Å². The molecule has 4 aromatic rings. The fourth-order valence-corrected chi connectivity index (χ4v) is 3.90. The molecule has 34 heavy (non-hydrogen) atoms. The smallest absolute Gasteiger partial charge is 0.250 e. The van der Waals surface area contributed by atoms with E-state index in [0.717, 1.165) is 22.6 Å². The Labute approximate surface area is 206 Å². The molecule has 0 bridgehead atoms. The molecule has 2 aromatic carbocycles. The summed E-state index contributed by atoms with van der Waals surface area (Å²) in [6.45, 7) is 2.52. The van der Waals surface area contributed by atoms with E-state index >= 15 is 0 Å². The van der Waals surface area contributed by atoms with E-state index in [1.165, 1.54) is 11.8 Å². The van der Waals surface area contributed by atoms with Crippen LogP contribution in [0, 0.1) is 0 Å². The largest absolute Gasteiger partial charge is 0.494 e. The molecule has 1 N–H and O–H groups in total. The number of nitrogens with zero attached hydrogens (tertiary/aromatic N) is 5. The summed E-state index contributed by atoms with van der Waals surface area (Å²) in [6, 6.07) is 18.5. The van der Waals surface area contributed by atoms with Crippen LogP contribution in [-0.4, -0.2) is 44.2 Å². The third-order valence-electron chi connectivity index (χ3n) is 4.56. The van der Waals surface area contributed by atoms with Crippen LogP contribution in [0.4, 0.5) is 0 Å². The van der Waals surface area contributed by atoms with Crippen LogP contribution in [0.1, 0.15) is 12.5 Å². The first-order valence-electron chi connectivity index (χ1n) is 10.4. The summed E-state index contributed by atoms with van der Waals surface area (Å²) in [5.74, 6) is 1.25. The Kier molecular flexibility index (Phi) is 7.90. The number of carbonyl (C=O) groups excluding carboxylic acids is 1. The molecule has 0 atom stereocenters. The number of nitrogens with one attached hydrogen (secondary N) is 1. The molecular weight excluding hydrogens is 472 g/mol. The molecule has 172 valence electrons. The number of amides is 1. The van der Waals surface area contributed by atoms with Crippen LogP contribution < -0.4 is 10.2 Å². The molecule has 0 aliphatic carbocycles. The highest BCUT2D eigenvalue weighted by atomic mass is 35.5. The number of benzene rings is 2. The SMILES string of the molecule is CCOc1ccc(-n2c(SCC(=O)N/N=C/c3ccc(Cl)cc3)nnc2-c2cccnc2)cc1. The van der Waals surface area contributed by atoms with Crippen LogP contribution in [-0.2, 0) is 4.79 Å². The number of hydrazone groups is 1. The van der Waals surface area contributed by atoms with Crippen molar-refractivity contribution in [2.45, 2.75) is 12.1 Å². The summed E-state index contributed by atoms with van der Waals surface area (Å²) < 4.78 is 7.44. The zero-order valence-corrected chi connectivity index (χ0v) is 19.8. The quantitative estimate of drug-likeness (QED) is 0.208. The molecule has 10 heteroatoms. The van der Waals surface area contributed by atoms with Gasteiger partial charge in [-0.15, -0.1) is 10.2 Å². The van der Waals surface area contributed by atoms with Crippen molar-refractivity contribution in [2.24, 2.45) is 5.10 Å². The van der Waals surface area contributed by atoms with Crippen molar-refractivity contribution in [3.63, 3.8) is 0 Å². The van der Waals surface area contributed by atoms with Crippen LogP contribution in [0.5, 0.6) is 5.75 Å². The second kappa shape index (κ2) is 11.4. The third-order valence-corrected chi connectivity index (χ3v) is 5.75. The number of carbonyl (C=O) groups is 1. The minimum absolute atomic E-state index is 0.111. The molecule has 0 fully saturated rings. The van der Waals surface area contributed by atoms with Crippen molar-refractivity contribution in [3.8, 4) is 22.8 Å². The average molecular weight is 493 g/mol. The lowest BCUT2D eigenvalue weighted by molar-refractivity contribution is -0.118. The van der Waals surface area contributed by atoms with Gasteiger partial charge in [-0.1, -0.05) is 35.5 Å².